The van der Waals surface area contributed by atoms with Gasteiger partial charge in [-0.2, -0.15) is 0 Å². The fourth-order valence-corrected chi connectivity index (χ4v) is 5.13. The number of nitrogens with zero attached hydrogens (tertiary/aromatic N) is 4. The zero-order chi connectivity index (χ0) is 28.6. The average Bonchev–Trinajstić information content (AvgIpc) is 3.02. The standard InChI is InChI=1S/C35H39N5O/c1-4-26(3)38-34(35(41)39-31-16-15-30(37-23-31)19-27-11-7-5-8-12-27)33-21-28(14-13-25(33)2)29-20-32(24-36-22-29)40-17-9-6-10-18-40/h5,7-8,11-16,20-24,26H,4,6,9-10,17-19H2,1-3H3,(H,39,41). The number of aliphatic imine (C=N–C) groups is 1. The van der Waals surface area contributed by atoms with E-state index < -0.39 is 0 Å². The Morgan fingerprint density at radius 2 is 1.76 bits per heavy atom. The Balaban J connectivity index is 1.40. The molecule has 2 aromatic carbocycles. The summed E-state index contributed by atoms with van der Waals surface area (Å²) < 4.78 is 0. The molecule has 1 N–H and O–H groups in total. The number of nitrogens with one attached hydrogen (secondary N) is 1. The van der Waals surface area contributed by atoms with Crippen molar-refractivity contribution in [2.75, 3.05) is 23.3 Å². The number of hydrogen-bond acceptors (Lipinski definition) is 5. The van der Waals surface area contributed by atoms with Crippen LogP contribution in [0.1, 0.15) is 61.9 Å². The van der Waals surface area contributed by atoms with Crippen molar-refractivity contribution in [1.82, 2.24) is 9.97 Å². The lowest BCUT2D eigenvalue weighted by Crippen LogP contribution is -2.29. The van der Waals surface area contributed by atoms with Crippen LogP contribution >= 0.6 is 0 Å². The molecule has 0 bridgehead atoms. The molecule has 0 aliphatic carbocycles. The molecule has 0 radical (unpaired) electrons. The third kappa shape index (κ3) is 7.26. The van der Waals surface area contributed by atoms with Crippen molar-refractivity contribution in [3.05, 3.63) is 108 Å². The molecule has 1 aliphatic heterocycles. The molecule has 6 nitrogen and oxygen atoms in total. The number of amides is 1. The van der Waals surface area contributed by atoms with Gasteiger partial charge in [-0.1, -0.05) is 49.4 Å². The lowest BCUT2D eigenvalue weighted by atomic mass is 9.96. The third-order valence-electron chi connectivity index (χ3n) is 7.74. The lowest BCUT2D eigenvalue weighted by Gasteiger charge is -2.28. The van der Waals surface area contributed by atoms with Crippen LogP contribution in [0.5, 0.6) is 0 Å². The van der Waals surface area contributed by atoms with Crippen molar-refractivity contribution in [2.45, 2.75) is 58.9 Å². The summed E-state index contributed by atoms with van der Waals surface area (Å²) in [6.45, 7) is 8.29. The first kappa shape index (κ1) is 28.2. The molecule has 0 saturated carbocycles. The van der Waals surface area contributed by atoms with Gasteiger partial charge in [-0.15, -0.1) is 0 Å². The van der Waals surface area contributed by atoms with Crippen LogP contribution in [0.15, 0.2) is 90.3 Å². The van der Waals surface area contributed by atoms with Gasteiger partial charge in [0.15, 0.2) is 0 Å². The second-order valence-electron chi connectivity index (χ2n) is 10.9. The van der Waals surface area contributed by atoms with E-state index in [0.717, 1.165) is 59.6 Å². The molecule has 5 rings (SSSR count). The largest absolute Gasteiger partial charge is 0.370 e. The van der Waals surface area contributed by atoms with Crippen LogP contribution in [0, 0.1) is 6.92 Å². The smallest absolute Gasteiger partial charge is 0.274 e. The molecule has 41 heavy (non-hydrogen) atoms. The van der Waals surface area contributed by atoms with E-state index in [0.29, 0.717) is 11.4 Å². The zero-order valence-corrected chi connectivity index (χ0v) is 24.3. The van der Waals surface area contributed by atoms with Crippen molar-refractivity contribution >= 4 is 23.0 Å². The summed E-state index contributed by atoms with van der Waals surface area (Å²) >= 11 is 0. The zero-order valence-electron chi connectivity index (χ0n) is 24.3. The Morgan fingerprint density at radius 1 is 0.951 bits per heavy atom. The Morgan fingerprint density at radius 3 is 2.49 bits per heavy atom. The van der Waals surface area contributed by atoms with Gasteiger partial charge in [0.1, 0.15) is 5.71 Å². The molecule has 210 valence electrons. The Labute approximate surface area is 243 Å². The minimum Gasteiger partial charge on any atom is -0.370 e. The maximum absolute atomic E-state index is 13.7. The number of aryl methyl sites for hydroxylation is 1. The van der Waals surface area contributed by atoms with Gasteiger partial charge in [0.2, 0.25) is 0 Å². The molecule has 0 spiro atoms. The second kappa shape index (κ2) is 13.4. The van der Waals surface area contributed by atoms with E-state index >= 15 is 0 Å². The summed E-state index contributed by atoms with van der Waals surface area (Å²) in [6.07, 6.45) is 10.9. The van der Waals surface area contributed by atoms with Gasteiger partial charge >= 0.3 is 0 Å². The molecule has 1 fully saturated rings. The van der Waals surface area contributed by atoms with Gasteiger partial charge in [0.05, 0.1) is 23.8 Å². The molecule has 1 aliphatic rings. The summed E-state index contributed by atoms with van der Waals surface area (Å²) in [6, 6.07) is 22.6. The SMILES string of the molecule is CCC(C)N=C(C(=O)Nc1ccc(Cc2ccccc2)nc1)c1cc(-c2cncc(N3CCCCC3)c2)ccc1C. The summed E-state index contributed by atoms with van der Waals surface area (Å²) in [7, 11) is 0. The van der Waals surface area contributed by atoms with E-state index in [-0.39, 0.29) is 11.9 Å². The Hall–Kier alpha value is -4.32. The molecular weight excluding hydrogens is 506 g/mol. The highest BCUT2D eigenvalue weighted by Gasteiger charge is 2.19. The third-order valence-corrected chi connectivity index (χ3v) is 7.74. The Bertz CT molecular complexity index is 1490. The highest BCUT2D eigenvalue weighted by Crippen LogP contribution is 2.28. The maximum Gasteiger partial charge on any atom is 0.274 e. The topological polar surface area (TPSA) is 70.5 Å². The van der Waals surface area contributed by atoms with E-state index in [2.05, 4.69) is 63.5 Å². The summed E-state index contributed by atoms with van der Waals surface area (Å²) in [5.41, 5.74) is 8.28. The fourth-order valence-electron chi connectivity index (χ4n) is 5.13. The highest BCUT2D eigenvalue weighted by atomic mass is 16.1. The first-order valence-electron chi connectivity index (χ1n) is 14.7. The molecular formula is C35H39N5O. The fraction of sp³-hybridized carbons (Fsp3) is 0.314. The van der Waals surface area contributed by atoms with Gasteiger partial charge in [0.25, 0.3) is 5.91 Å². The maximum atomic E-state index is 13.7. The van der Waals surface area contributed by atoms with Crippen LogP contribution in [0.25, 0.3) is 11.1 Å². The quantitative estimate of drug-likeness (QED) is 0.225. The number of anilines is 2. The average molecular weight is 546 g/mol. The highest BCUT2D eigenvalue weighted by molar-refractivity contribution is 6.49. The van der Waals surface area contributed by atoms with Crippen LogP contribution in [-0.2, 0) is 11.2 Å². The summed E-state index contributed by atoms with van der Waals surface area (Å²) in [5, 5.41) is 3.05. The normalized spacial score (nSPS) is 14.5. The van der Waals surface area contributed by atoms with Crippen LogP contribution in [0.3, 0.4) is 0 Å². The number of rotatable bonds is 9. The number of aromatic nitrogens is 2. The van der Waals surface area contributed by atoms with Crippen molar-refractivity contribution in [2.24, 2.45) is 4.99 Å². The Kier molecular flexibility index (Phi) is 9.19. The molecule has 1 saturated heterocycles. The predicted molar refractivity (Wildman–Crippen MR) is 169 cm³/mol. The van der Waals surface area contributed by atoms with E-state index in [4.69, 9.17) is 4.99 Å². The van der Waals surface area contributed by atoms with Crippen molar-refractivity contribution in [3.63, 3.8) is 0 Å². The second-order valence-corrected chi connectivity index (χ2v) is 10.9. The molecule has 1 atom stereocenters. The first-order valence-corrected chi connectivity index (χ1v) is 14.7. The van der Waals surface area contributed by atoms with Crippen LogP contribution < -0.4 is 10.2 Å². The number of carbonyl (C=O) groups is 1. The molecule has 1 unspecified atom stereocenters. The van der Waals surface area contributed by atoms with E-state index in [1.807, 2.05) is 56.6 Å². The molecule has 4 aromatic rings. The van der Waals surface area contributed by atoms with Gasteiger partial charge in [-0.3, -0.25) is 19.8 Å². The molecule has 2 aromatic heterocycles. The van der Waals surface area contributed by atoms with Crippen LogP contribution in [0.2, 0.25) is 0 Å². The van der Waals surface area contributed by atoms with Gasteiger partial charge in [-0.05, 0) is 80.5 Å². The lowest BCUT2D eigenvalue weighted by molar-refractivity contribution is -0.110. The summed E-state index contributed by atoms with van der Waals surface area (Å²) in [5.74, 6) is -0.233. The van der Waals surface area contributed by atoms with Gasteiger partial charge in [-0.25, -0.2) is 0 Å². The minimum atomic E-state index is -0.233. The summed E-state index contributed by atoms with van der Waals surface area (Å²) in [4.78, 5) is 30.2. The van der Waals surface area contributed by atoms with Gasteiger partial charge < -0.3 is 10.2 Å². The van der Waals surface area contributed by atoms with E-state index in [1.54, 1.807) is 6.20 Å². The number of benzene rings is 2. The van der Waals surface area contributed by atoms with E-state index in [9.17, 15) is 4.79 Å². The van der Waals surface area contributed by atoms with Crippen molar-refractivity contribution in [3.8, 4) is 11.1 Å². The first-order chi connectivity index (χ1) is 20.0. The van der Waals surface area contributed by atoms with Crippen molar-refractivity contribution < 1.29 is 4.79 Å². The van der Waals surface area contributed by atoms with Gasteiger partial charge in [0, 0.05) is 48.6 Å². The van der Waals surface area contributed by atoms with E-state index in [1.165, 1.54) is 24.8 Å². The number of piperidine rings is 1. The van der Waals surface area contributed by atoms with Crippen LogP contribution in [0.4, 0.5) is 11.4 Å². The molecule has 6 heteroatoms. The number of pyridine rings is 2. The van der Waals surface area contributed by atoms with Crippen molar-refractivity contribution in [1.29, 1.82) is 0 Å². The number of carbonyl (C=O) groups excluding carboxylic acids is 1. The number of hydrogen-bond donors (Lipinski definition) is 1. The predicted octanol–water partition coefficient (Wildman–Crippen LogP) is 7.26. The van der Waals surface area contributed by atoms with Crippen LogP contribution in [-0.4, -0.2) is 40.7 Å². The minimum absolute atomic E-state index is 0.00859. The molecule has 1 amide bonds. The molecule has 3 heterocycles. The monoisotopic (exact) mass is 545 g/mol.